The van der Waals surface area contributed by atoms with Gasteiger partial charge >= 0.3 is 0 Å². The second kappa shape index (κ2) is 10.2. The second-order valence-electron chi connectivity index (χ2n) is 11.8. The molecule has 0 amide bonds. The molecule has 2 aromatic rings. The molecule has 0 saturated heterocycles. The van der Waals surface area contributed by atoms with Crippen molar-refractivity contribution in [2.45, 2.75) is 76.5 Å². The van der Waals surface area contributed by atoms with Crippen molar-refractivity contribution in [2.75, 3.05) is 13.7 Å². The van der Waals surface area contributed by atoms with Crippen LogP contribution in [0.1, 0.15) is 75.0 Å². The number of carbonyl (C=O) groups excluding carboxylic acids is 1. The Bertz CT molecular complexity index is 1250. The predicted molar refractivity (Wildman–Crippen MR) is 146 cm³/mol. The third-order valence-electron chi connectivity index (χ3n) is 9.97. The number of ether oxygens (including phenoxy) is 1. The molecule has 6 atom stereocenters. The van der Waals surface area contributed by atoms with Crippen molar-refractivity contribution in [1.82, 2.24) is 4.72 Å². The number of carbonyl (C=O) groups is 1. The first-order chi connectivity index (χ1) is 17.7. The average molecular weight is 524 g/mol. The van der Waals surface area contributed by atoms with Gasteiger partial charge in [-0.15, -0.1) is 0 Å². The summed E-state index contributed by atoms with van der Waals surface area (Å²) in [5.74, 6) is 3.37. The van der Waals surface area contributed by atoms with Crippen LogP contribution in [0.3, 0.4) is 0 Å². The summed E-state index contributed by atoms with van der Waals surface area (Å²) >= 11 is 0. The topological polar surface area (TPSA) is 72.5 Å². The maximum Gasteiger partial charge on any atom is 0.240 e. The van der Waals surface area contributed by atoms with Gasteiger partial charge < -0.3 is 4.74 Å². The van der Waals surface area contributed by atoms with Crippen molar-refractivity contribution in [1.29, 1.82) is 0 Å². The van der Waals surface area contributed by atoms with Crippen LogP contribution in [0.4, 0.5) is 0 Å². The number of rotatable bonds is 8. The zero-order chi connectivity index (χ0) is 26.4. The van der Waals surface area contributed by atoms with Gasteiger partial charge in [-0.25, -0.2) is 13.1 Å². The lowest BCUT2D eigenvalue weighted by Gasteiger charge is -2.51. The van der Waals surface area contributed by atoms with Crippen LogP contribution in [0.2, 0.25) is 0 Å². The van der Waals surface area contributed by atoms with Gasteiger partial charge in [-0.3, -0.25) is 4.79 Å². The molecule has 2 aromatic carbocycles. The summed E-state index contributed by atoms with van der Waals surface area (Å²) in [7, 11) is -1.81. The minimum atomic E-state index is -3.54. The molecule has 0 heterocycles. The third kappa shape index (κ3) is 4.76. The van der Waals surface area contributed by atoms with Crippen LogP contribution in [0.15, 0.2) is 47.4 Å². The monoisotopic (exact) mass is 523 g/mol. The summed E-state index contributed by atoms with van der Waals surface area (Å²) in [6.07, 6.45) is 6.54. The van der Waals surface area contributed by atoms with Gasteiger partial charge in [0.05, 0.1) is 12.0 Å². The van der Waals surface area contributed by atoms with Crippen molar-refractivity contribution >= 4 is 15.8 Å². The molecule has 0 radical (unpaired) electrons. The molecule has 3 aliphatic rings. The van der Waals surface area contributed by atoms with Crippen molar-refractivity contribution in [2.24, 2.45) is 29.1 Å². The highest BCUT2D eigenvalue weighted by atomic mass is 32.2. The fourth-order valence-electron chi connectivity index (χ4n) is 7.99. The Balaban J connectivity index is 1.34. The molecule has 5 nitrogen and oxygen atoms in total. The van der Waals surface area contributed by atoms with Crippen molar-refractivity contribution < 1.29 is 17.9 Å². The van der Waals surface area contributed by atoms with E-state index in [1.807, 2.05) is 19.1 Å². The molecule has 5 rings (SSSR count). The molecule has 37 heavy (non-hydrogen) atoms. The molecule has 0 aliphatic heterocycles. The van der Waals surface area contributed by atoms with E-state index in [1.165, 1.54) is 11.1 Å². The molecule has 200 valence electrons. The Morgan fingerprint density at radius 2 is 1.89 bits per heavy atom. The predicted octanol–water partition coefficient (Wildman–Crippen LogP) is 6.05. The maximum absolute atomic E-state index is 13.5. The van der Waals surface area contributed by atoms with Crippen LogP contribution < -0.4 is 9.46 Å². The SMILES string of the molecule is CCC(CCNS(=O)(=O)c1ccc(C)cc1)C1CC(=O)[C@@]2(C)CCC3c4ccc(OC)cc4CCC3C12. The number of hydrogen-bond acceptors (Lipinski definition) is 4. The van der Waals surface area contributed by atoms with Crippen molar-refractivity contribution in [3.8, 4) is 5.75 Å². The number of hydrogen-bond donors (Lipinski definition) is 1. The summed E-state index contributed by atoms with van der Waals surface area (Å²) in [5, 5.41) is 0. The van der Waals surface area contributed by atoms with Gasteiger partial charge in [0.2, 0.25) is 10.0 Å². The number of nitrogens with one attached hydrogen (secondary N) is 1. The van der Waals surface area contributed by atoms with Crippen molar-refractivity contribution in [3.05, 3.63) is 59.2 Å². The van der Waals surface area contributed by atoms with Gasteiger partial charge in [-0.2, -0.15) is 0 Å². The molecule has 0 bridgehead atoms. The Hall–Kier alpha value is -2.18. The molecule has 1 N–H and O–H groups in total. The third-order valence-corrected chi connectivity index (χ3v) is 11.4. The molecule has 0 aromatic heterocycles. The highest BCUT2D eigenvalue weighted by Crippen LogP contribution is 2.63. The second-order valence-corrected chi connectivity index (χ2v) is 13.6. The quantitative estimate of drug-likeness (QED) is 0.457. The van der Waals surface area contributed by atoms with Gasteiger partial charge in [0, 0.05) is 18.4 Å². The summed E-state index contributed by atoms with van der Waals surface area (Å²) in [5.41, 5.74) is 3.65. The zero-order valence-electron chi connectivity index (χ0n) is 22.6. The standard InChI is InChI=1S/C31H41NO4S/c1-5-21(15-17-32-37(34,35)24-10-6-20(2)7-11-24)28-19-29(33)31(3)16-14-26-25-13-9-23(36-4)18-22(25)8-12-27(26)30(28)31/h6-7,9-11,13,18,21,26-28,30,32H,5,8,12,14-17,19H2,1-4H3/t21?,26?,27?,28?,30?,31-/m1/s1. The summed E-state index contributed by atoms with van der Waals surface area (Å²) < 4.78 is 34.0. The highest BCUT2D eigenvalue weighted by molar-refractivity contribution is 7.89. The molecule has 5 unspecified atom stereocenters. The lowest BCUT2D eigenvalue weighted by atomic mass is 9.53. The van der Waals surface area contributed by atoms with Crippen molar-refractivity contribution in [3.63, 3.8) is 0 Å². The van der Waals surface area contributed by atoms with Crippen LogP contribution in [-0.4, -0.2) is 27.9 Å². The number of methoxy groups -OCH3 is 1. The lowest BCUT2D eigenvalue weighted by molar-refractivity contribution is -0.129. The van der Waals surface area contributed by atoms with Gasteiger partial charge in [-0.05, 0) is 104 Å². The fourth-order valence-corrected chi connectivity index (χ4v) is 9.03. The number of fused-ring (bicyclic) bond motifs is 5. The Labute approximate surface area is 222 Å². The van der Waals surface area contributed by atoms with Crippen LogP contribution in [-0.2, 0) is 21.2 Å². The first-order valence-corrected chi connectivity index (χ1v) is 15.4. The van der Waals surface area contributed by atoms with E-state index in [2.05, 4.69) is 36.8 Å². The Kier molecular flexibility index (Phi) is 7.27. The largest absolute Gasteiger partial charge is 0.497 e. The lowest BCUT2D eigenvalue weighted by Crippen LogP contribution is -2.45. The smallest absolute Gasteiger partial charge is 0.240 e. The van der Waals surface area contributed by atoms with E-state index >= 15 is 0 Å². The Morgan fingerprint density at radius 1 is 1.14 bits per heavy atom. The van der Waals surface area contributed by atoms with E-state index < -0.39 is 10.0 Å². The summed E-state index contributed by atoms with van der Waals surface area (Å²) in [4.78, 5) is 13.8. The van der Waals surface area contributed by atoms with E-state index in [1.54, 1.807) is 19.2 Å². The molecule has 2 saturated carbocycles. The van der Waals surface area contributed by atoms with Gasteiger partial charge in [0.15, 0.2) is 0 Å². The molecule has 6 heteroatoms. The van der Waals surface area contributed by atoms with Gasteiger partial charge in [-0.1, -0.05) is 44.0 Å². The highest BCUT2D eigenvalue weighted by Gasteiger charge is 2.59. The Morgan fingerprint density at radius 3 is 2.59 bits per heavy atom. The van der Waals surface area contributed by atoms with E-state index in [0.717, 1.165) is 49.8 Å². The number of sulfonamides is 1. The van der Waals surface area contributed by atoms with Crippen LogP contribution >= 0.6 is 0 Å². The van der Waals surface area contributed by atoms with Crippen LogP contribution in [0, 0.1) is 36.0 Å². The number of benzene rings is 2. The van der Waals surface area contributed by atoms with E-state index in [0.29, 0.717) is 53.2 Å². The minimum Gasteiger partial charge on any atom is -0.497 e. The fraction of sp³-hybridized carbons (Fsp3) is 0.581. The molecular weight excluding hydrogens is 482 g/mol. The number of aryl methyl sites for hydroxylation is 2. The van der Waals surface area contributed by atoms with Gasteiger partial charge in [0.1, 0.15) is 11.5 Å². The zero-order valence-corrected chi connectivity index (χ0v) is 23.4. The number of ketones is 1. The maximum atomic E-state index is 13.5. The average Bonchev–Trinajstić information content (AvgIpc) is 3.16. The van der Waals surface area contributed by atoms with E-state index in [9.17, 15) is 13.2 Å². The molecule has 2 fully saturated rings. The molecule has 0 spiro atoms. The normalized spacial score (nSPS) is 29.8. The summed E-state index contributed by atoms with van der Waals surface area (Å²) in [6, 6.07) is 13.5. The first kappa shape index (κ1) is 26.4. The molecular formula is C31H41NO4S. The molecule has 3 aliphatic carbocycles. The van der Waals surface area contributed by atoms with Crippen LogP contribution in [0.5, 0.6) is 5.75 Å². The summed E-state index contributed by atoms with van der Waals surface area (Å²) in [6.45, 7) is 6.78. The van der Waals surface area contributed by atoms with Crippen LogP contribution in [0.25, 0.3) is 0 Å². The minimum absolute atomic E-state index is 0.245. The first-order valence-electron chi connectivity index (χ1n) is 13.9. The van der Waals surface area contributed by atoms with E-state index in [-0.39, 0.29) is 5.41 Å². The van der Waals surface area contributed by atoms with Gasteiger partial charge in [0.25, 0.3) is 0 Å². The number of Topliss-reactive ketones (excluding diaryl/α,β-unsaturated/α-hetero) is 1. The van der Waals surface area contributed by atoms with E-state index in [4.69, 9.17) is 4.74 Å².